The SMILES string of the molecule is CC(NC(=O)c1ccc(CN)cc1)c1cn[nH]c1. The van der Waals surface area contributed by atoms with E-state index in [1.54, 1.807) is 24.5 Å². The Labute approximate surface area is 105 Å². The molecule has 1 heterocycles. The number of carbonyl (C=O) groups excluding carboxylic acids is 1. The largest absolute Gasteiger partial charge is 0.345 e. The summed E-state index contributed by atoms with van der Waals surface area (Å²) in [7, 11) is 0. The molecule has 0 spiro atoms. The Balaban J connectivity index is 2.03. The summed E-state index contributed by atoms with van der Waals surface area (Å²) in [5.41, 5.74) is 8.09. The van der Waals surface area contributed by atoms with Gasteiger partial charge in [-0.25, -0.2) is 0 Å². The fraction of sp³-hybridized carbons (Fsp3) is 0.231. The Morgan fingerprint density at radius 1 is 1.44 bits per heavy atom. The normalized spacial score (nSPS) is 12.1. The molecule has 1 aromatic carbocycles. The van der Waals surface area contributed by atoms with E-state index < -0.39 is 0 Å². The van der Waals surface area contributed by atoms with Gasteiger partial charge in [-0.3, -0.25) is 9.89 Å². The molecule has 1 aromatic heterocycles. The van der Waals surface area contributed by atoms with Gasteiger partial charge >= 0.3 is 0 Å². The van der Waals surface area contributed by atoms with Gasteiger partial charge in [-0.15, -0.1) is 0 Å². The second-order valence-electron chi connectivity index (χ2n) is 4.13. The standard InChI is InChI=1S/C13H16N4O/c1-9(12-7-15-16-8-12)17-13(18)11-4-2-10(6-14)3-5-11/h2-5,7-9H,6,14H2,1H3,(H,15,16)(H,17,18). The van der Waals surface area contributed by atoms with Gasteiger partial charge in [-0.1, -0.05) is 12.1 Å². The third kappa shape index (κ3) is 2.75. The van der Waals surface area contributed by atoms with Crippen molar-refractivity contribution in [3.8, 4) is 0 Å². The first-order chi connectivity index (χ1) is 8.70. The minimum atomic E-state index is -0.104. The first-order valence-corrected chi connectivity index (χ1v) is 5.79. The predicted octanol–water partition coefficient (Wildman–Crippen LogP) is 1.36. The highest BCUT2D eigenvalue weighted by atomic mass is 16.1. The molecular weight excluding hydrogens is 228 g/mol. The monoisotopic (exact) mass is 244 g/mol. The highest BCUT2D eigenvalue weighted by Gasteiger charge is 2.11. The van der Waals surface area contributed by atoms with Gasteiger partial charge in [-0.05, 0) is 24.6 Å². The third-order valence-electron chi connectivity index (χ3n) is 2.82. The molecule has 2 rings (SSSR count). The van der Waals surface area contributed by atoms with Crippen LogP contribution in [0.5, 0.6) is 0 Å². The summed E-state index contributed by atoms with van der Waals surface area (Å²) in [5, 5.41) is 9.49. The molecule has 0 saturated heterocycles. The topological polar surface area (TPSA) is 83.8 Å². The molecule has 0 aliphatic rings. The zero-order chi connectivity index (χ0) is 13.0. The first kappa shape index (κ1) is 12.3. The minimum absolute atomic E-state index is 0.0783. The molecule has 1 amide bonds. The molecule has 0 saturated carbocycles. The van der Waals surface area contributed by atoms with E-state index in [1.165, 1.54) is 0 Å². The zero-order valence-corrected chi connectivity index (χ0v) is 10.2. The van der Waals surface area contributed by atoms with Gasteiger partial charge in [0.05, 0.1) is 12.2 Å². The molecule has 0 aliphatic heterocycles. The highest BCUT2D eigenvalue weighted by Crippen LogP contribution is 2.11. The number of aromatic nitrogens is 2. The average molecular weight is 244 g/mol. The highest BCUT2D eigenvalue weighted by molar-refractivity contribution is 5.94. The molecule has 0 aliphatic carbocycles. The van der Waals surface area contributed by atoms with E-state index in [-0.39, 0.29) is 11.9 Å². The van der Waals surface area contributed by atoms with E-state index in [2.05, 4.69) is 15.5 Å². The van der Waals surface area contributed by atoms with Crippen molar-refractivity contribution in [1.82, 2.24) is 15.5 Å². The van der Waals surface area contributed by atoms with Gasteiger partial charge in [0.15, 0.2) is 0 Å². The van der Waals surface area contributed by atoms with Crippen LogP contribution >= 0.6 is 0 Å². The van der Waals surface area contributed by atoms with Crippen molar-refractivity contribution in [3.63, 3.8) is 0 Å². The average Bonchev–Trinajstić information content (AvgIpc) is 2.92. The maximum Gasteiger partial charge on any atom is 0.251 e. The maximum atomic E-state index is 12.0. The van der Waals surface area contributed by atoms with Crippen LogP contribution in [0.2, 0.25) is 0 Å². The Hall–Kier alpha value is -2.14. The Kier molecular flexibility index (Phi) is 3.74. The van der Waals surface area contributed by atoms with Crippen molar-refractivity contribution in [3.05, 3.63) is 53.3 Å². The molecule has 4 N–H and O–H groups in total. The lowest BCUT2D eigenvalue weighted by Crippen LogP contribution is -2.26. The van der Waals surface area contributed by atoms with Crippen LogP contribution in [0.15, 0.2) is 36.7 Å². The Bertz CT molecular complexity index is 504. The molecule has 5 nitrogen and oxygen atoms in total. The number of H-pyrrole nitrogens is 1. The van der Waals surface area contributed by atoms with Crippen molar-refractivity contribution in [1.29, 1.82) is 0 Å². The molecule has 0 fully saturated rings. The molecule has 2 aromatic rings. The van der Waals surface area contributed by atoms with Gasteiger partial charge in [0.1, 0.15) is 0 Å². The summed E-state index contributed by atoms with van der Waals surface area (Å²) < 4.78 is 0. The second kappa shape index (κ2) is 5.46. The summed E-state index contributed by atoms with van der Waals surface area (Å²) in [5.74, 6) is -0.104. The van der Waals surface area contributed by atoms with Crippen LogP contribution in [0.4, 0.5) is 0 Å². The molecular formula is C13H16N4O. The smallest absolute Gasteiger partial charge is 0.251 e. The Morgan fingerprint density at radius 3 is 2.72 bits per heavy atom. The van der Waals surface area contributed by atoms with Gasteiger partial charge in [0.2, 0.25) is 0 Å². The van der Waals surface area contributed by atoms with Crippen LogP contribution in [-0.4, -0.2) is 16.1 Å². The molecule has 0 radical (unpaired) electrons. The number of aromatic amines is 1. The number of carbonyl (C=O) groups is 1. The van der Waals surface area contributed by atoms with E-state index in [4.69, 9.17) is 5.73 Å². The van der Waals surface area contributed by atoms with Crippen molar-refractivity contribution in [2.75, 3.05) is 0 Å². The van der Waals surface area contributed by atoms with E-state index in [0.29, 0.717) is 12.1 Å². The van der Waals surface area contributed by atoms with E-state index in [9.17, 15) is 4.79 Å². The lowest BCUT2D eigenvalue weighted by atomic mass is 10.1. The summed E-state index contributed by atoms with van der Waals surface area (Å²) in [4.78, 5) is 12.0. The Morgan fingerprint density at radius 2 is 2.17 bits per heavy atom. The number of nitrogens with two attached hydrogens (primary N) is 1. The van der Waals surface area contributed by atoms with Crippen LogP contribution in [0, 0.1) is 0 Å². The number of hydrogen-bond donors (Lipinski definition) is 3. The number of rotatable bonds is 4. The van der Waals surface area contributed by atoms with Crippen molar-refractivity contribution >= 4 is 5.91 Å². The lowest BCUT2D eigenvalue weighted by molar-refractivity contribution is 0.0940. The van der Waals surface area contributed by atoms with E-state index >= 15 is 0 Å². The van der Waals surface area contributed by atoms with Gasteiger partial charge in [-0.2, -0.15) is 5.10 Å². The van der Waals surface area contributed by atoms with Crippen molar-refractivity contribution < 1.29 is 4.79 Å². The second-order valence-corrected chi connectivity index (χ2v) is 4.13. The minimum Gasteiger partial charge on any atom is -0.345 e. The number of amides is 1. The van der Waals surface area contributed by atoms with Crippen LogP contribution in [0.25, 0.3) is 0 Å². The van der Waals surface area contributed by atoms with Gasteiger partial charge < -0.3 is 11.1 Å². The van der Waals surface area contributed by atoms with Crippen molar-refractivity contribution in [2.24, 2.45) is 5.73 Å². The summed E-state index contributed by atoms with van der Waals surface area (Å²) in [6.07, 6.45) is 3.46. The summed E-state index contributed by atoms with van der Waals surface area (Å²) in [6, 6.07) is 7.19. The molecule has 0 bridgehead atoms. The number of nitrogens with one attached hydrogen (secondary N) is 2. The quantitative estimate of drug-likeness (QED) is 0.759. The summed E-state index contributed by atoms with van der Waals surface area (Å²) >= 11 is 0. The van der Waals surface area contributed by atoms with Crippen LogP contribution in [-0.2, 0) is 6.54 Å². The molecule has 94 valence electrons. The van der Waals surface area contributed by atoms with E-state index in [0.717, 1.165) is 11.1 Å². The van der Waals surface area contributed by atoms with Gasteiger partial charge in [0, 0.05) is 23.9 Å². The van der Waals surface area contributed by atoms with Crippen LogP contribution < -0.4 is 11.1 Å². The van der Waals surface area contributed by atoms with Crippen LogP contribution in [0.1, 0.15) is 34.5 Å². The fourth-order valence-corrected chi connectivity index (χ4v) is 1.65. The molecule has 5 heteroatoms. The lowest BCUT2D eigenvalue weighted by Gasteiger charge is -2.12. The molecule has 1 atom stereocenters. The third-order valence-corrected chi connectivity index (χ3v) is 2.82. The van der Waals surface area contributed by atoms with E-state index in [1.807, 2.05) is 19.1 Å². The predicted molar refractivity (Wildman–Crippen MR) is 68.8 cm³/mol. The number of nitrogens with zero attached hydrogens (tertiary/aromatic N) is 1. The maximum absolute atomic E-state index is 12.0. The first-order valence-electron chi connectivity index (χ1n) is 5.79. The van der Waals surface area contributed by atoms with Crippen LogP contribution in [0.3, 0.4) is 0 Å². The van der Waals surface area contributed by atoms with Crippen molar-refractivity contribution in [2.45, 2.75) is 19.5 Å². The molecule has 18 heavy (non-hydrogen) atoms. The molecule has 1 unspecified atom stereocenters. The zero-order valence-electron chi connectivity index (χ0n) is 10.2. The van der Waals surface area contributed by atoms with Gasteiger partial charge in [0.25, 0.3) is 5.91 Å². The fourth-order valence-electron chi connectivity index (χ4n) is 1.65. The number of benzene rings is 1. The number of hydrogen-bond acceptors (Lipinski definition) is 3. The summed E-state index contributed by atoms with van der Waals surface area (Å²) in [6.45, 7) is 2.39.